The first kappa shape index (κ1) is 13.5. The molecule has 21 heavy (non-hydrogen) atoms. The molecule has 1 heterocycles. The first-order valence-corrected chi connectivity index (χ1v) is 8.99. The van der Waals surface area contributed by atoms with Gasteiger partial charge in [0.2, 0.25) is 0 Å². The third kappa shape index (κ3) is 3.19. The molecule has 0 bridgehead atoms. The number of hydrogen-bond donors (Lipinski definition) is 1. The van der Waals surface area contributed by atoms with E-state index in [4.69, 9.17) is 4.98 Å². The lowest BCUT2D eigenvalue weighted by molar-refractivity contribution is 0.170. The smallest absolute Gasteiger partial charge is 0.0935 e. The van der Waals surface area contributed by atoms with Crippen molar-refractivity contribution in [2.75, 3.05) is 6.54 Å². The van der Waals surface area contributed by atoms with E-state index in [1.54, 1.807) is 0 Å². The third-order valence-corrected chi connectivity index (χ3v) is 5.75. The minimum absolute atomic E-state index is 0.843. The molecule has 0 aliphatic heterocycles. The summed E-state index contributed by atoms with van der Waals surface area (Å²) in [4.78, 5) is 4.84. The molecule has 0 radical (unpaired) electrons. The van der Waals surface area contributed by atoms with Gasteiger partial charge in [0.15, 0.2) is 0 Å². The fourth-order valence-electron chi connectivity index (χ4n) is 3.15. The second-order valence-corrected chi connectivity index (χ2v) is 7.42. The summed E-state index contributed by atoms with van der Waals surface area (Å²) in [6, 6.07) is 11.4. The second kappa shape index (κ2) is 5.90. The van der Waals surface area contributed by atoms with Crippen LogP contribution >= 0.6 is 11.3 Å². The van der Waals surface area contributed by atoms with Crippen LogP contribution in [-0.4, -0.2) is 17.6 Å². The summed E-state index contributed by atoms with van der Waals surface area (Å²) in [5.74, 6) is 1.74. The Balaban J connectivity index is 1.35. The van der Waals surface area contributed by atoms with Crippen LogP contribution in [0.25, 0.3) is 11.3 Å². The molecular formula is C18H22N2S. The summed E-state index contributed by atoms with van der Waals surface area (Å²) in [5, 5.41) is 7.21. The molecule has 1 aromatic carbocycles. The second-order valence-electron chi connectivity index (χ2n) is 6.48. The summed E-state index contributed by atoms with van der Waals surface area (Å²) in [6.07, 6.45) is 6.75. The number of benzene rings is 1. The highest BCUT2D eigenvalue weighted by atomic mass is 32.1. The predicted molar refractivity (Wildman–Crippen MR) is 88.5 cm³/mol. The summed E-state index contributed by atoms with van der Waals surface area (Å²) < 4.78 is 0. The highest BCUT2D eigenvalue weighted by Gasteiger charge is 2.32. The number of hydrogen-bond acceptors (Lipinski definition) is 3. The SMILES string of the molecule is c1ccc(-c2csc(CC3CCC3CNC3CC3)n2)cc1. The van der Waals surface area contributed by atoms with Crippen LogP contribution in [0.1, 0.15) is 30.7 Å². The molecule has 2 aliphatic carbocycles. The van der Waals surface area contributed by atoms with Crippen LogP contribution < -0.4 is 5.32 Å². The van der Waals surface area contributed by atoms with Gasteiger partial charge < -0.3 is 5.32 Å². The minimum Gasteiger partial charge on any atom is -0.314 e. The van der Waals surface area contributed by atoms with Crippen molar-refractivity contribution in [2.24, 2.45) is 11.8 Å². The molecule has 4 rings (SSSR count). The van der Waals surface area contributed by atoms with Gasteiger partial charge in [-0.05, 0) is 44.1 Å². The Labute approximate surface area is 130 Å². The highest BCUT2D eigenvalue weighted by Crippen LogP contribution is 2.38. The van der Waals surface area contributed by atoms with Crippen molar-refractivity contribution < 1.29 is 0 Å². The number of rotatable bonds is 6. The maximum atomic E-state index is 4.84. The average Bonchev–Trinajstić information content (AvgIpc) is 3.21. The molecule has 2 nitrogen and oxygen atoms in total. The molecule has 2 saturated carbocycles. The van der Waals surface area contributed by atoms with E-state index >= 15 is 0 Å². The van der Waals surface area contributed by atoms with Crippen LogP contribution in [0.5, 0.6) is 0 Å². The van der Waals surface area contributed by atoms with E-state index in [9.17, 15) is 0 Å². The maximum absolute atomic E-state index is 4.84. The molecular weight excluding hydrogens is 276 g/mol. The standard InChI is InChI=1S/C18H22N2S/c1-2-4-13(5-3-1)17-12-21-18(20-17)10-14-6-7-15(14)11-19-16-8-9-16/h1-5,12,14-16,19H,6-11H2. The molecule has 0 saturated heterocycles. The fraction of sp³-hybridized carbons (Fsp3) is 0.500. The average molecular weight is 298 g/mol. The van der Waals surface area contributed by atoms with E-state index in [0.29, 0.717) is 0 Å². The van der Waals surface area contributed by atoms with Crippen LogP contribution in [0.4, 0.5) is 0 Å². The number of aromatic nitrogens is 1. The molecule has 3 heteroatoms. The minimum atomic E-state index is 0.843. The predicted octanol–water partition coefficient (Wildman–Crippen LogP) is 4.13. The van der Waals surface area contributed by atoms with Gasteiger partial charge >= 0.3 is 0 Å². The Morgan fingerprint density at radius 1 is 1.05 bits per heavy atom. The van der Waals surface area contributed by atoms with Crippen molar-refractivity contribution in [3.05, 3.63) is 40.7 Å². The van der Waals surface area contributed by atoms with Gasteiger partial charge in [-0.15, -0.1) is 11.3 Å². The molecule has 0 amide bonds. The van der Waals surface area contributed by atoms with E-state index in [1.165, 1.54) is 49.2 Å². The lowest BCUT2D eigenvalue weighted by Crippen LogP contribution is -2.37. The zero-order chi connectivity index (χ0) is 14.1. The van der Waals surface area contributed by atoms with Gasteiger partial charge in [-0.2, -0.15) is 0 Å². The summed E-state index contributed by atoms with van der Waals surface area (Å²) in [7, 11) is 0. The molecule has 2 aliphatic rings. The van der Waals surface area contributed by atoms with Crippen LogP contribution in [-0.2, 0) is 6.42 Å². The van der Waals surface area contributed by atoms with Gasteiger partial charge in [-0.3, -0.25) is 0 Å². The van der Waals surface area contributed by atoms with Crippen LogP contribution in [0.2, 0.25) is 0 Å². The molecule has 1 aromatic heterocycles. The van der Waals surface area contributed by atoms with Gasteiger partial charge in [0, 0.05) is 23.4 Å². The van der Waals surface area contributed by atoms with Crippen molar-refractivity contribution in [3.8, 4) is 11.3 Å². The van der Waals surface area contributed by atoms with Crippen LogP contribution in [0, 0.1) is 11.8 Å². The molecule has 2 fully saturated rings. The first-order chi connectivity index (χ1) is 10.4. The Bertz CT molecular complexity index is 588. The van der Waals surface area contributed by atoms with Gasteiger partial charge in [0.25, 0.3) is 0 Å². The zero-order valence-corrected chi connectivity index (χ0v) is 13.1. The summed E-state index contributed by atoms with van der Waals surface area (Å²) >= 11 is 1.83. The van der Waals surface area contributed by atoms with Crippen LogP contribution in [0.3, 0.4) is 0 Å². The van der Waals surface area contributed by atoms with Crippen molar-refractivity contribution in [3.63, 3.8) is 0 Å². The zero-order valence-electron chi connectivity index (χ0n) is 12.3. The van der Waals surface area contributed by atoms with Gasteiger partial charge in [0.1, 0.15) is 0 Å². The van der Waals surface area contributed by atoms with Gasteiger partial charge in [-0.25, -0.2) is 4.98 Å². The Morgan fingerprint density at radius 3 is 2.57 bits per heavy atom. The van der Waals surface area contributed by atoms with Gasteiger partial charge in [-0.1, -0.05) is 30.3 Å². The number of thiazole rings is 1. The number of nitrogens with zero attached hydrogens (tertiary/aromatic N) is 1. The third-order valence-electron chi connectivity index (χ3n) is 4.88. The topological polar surface area (TPSA) is 24.9 Å². The van der Waals surface area contributed by atoms with Crippen molar-refractivity contribution >= 4 is 11.3 Å². The van der Waals surface area contributed by atoms with Crippen molar-refractivity contribution in [1.82, 2.24) is 10.3 Å². The van der Waals surface area contributed by atoms with Crippen molar-refractivity contribution in [1.29, 1.82) is 0 Å². The molecule has 2 atom stereocenters. The summed E-state index contributed by atoms with van der Waals surface area (Å²) in [5.41, 5.74) is 2.38. The molecule has 1 N–H and O–H groups in total. The van der Waals surface area contributed by atoms with E-state index in [-0.39, 0.29) is 0 Å². The van der Waals surface area contributed by atoms with Crippen LogP contribution in [0.15, 0.2) is 35.7 Å². The molecule has 0 spiro atoms. The van der Waals surface area contributed by atoms with Crippen molar-refractivity contribution in [2.45, 2.75) is 38.1 Å². The van der Waals surface area contributed by atoms with E-state index in [0.717, 1.165) is 23.6 Å². The summed E-state index contributed by atoms with van der Waals surface area (Å²) in [6.45, 7) is 1.23. The Kier molecular flexibility index (Phi) is 3.78. The Morgan fingerprint density at radius 2 is 1.86 bits per heavy atom. The molecule has 2 unspecified atom stereocenters. The molecule has 110 valence electrons. The van der Waals surface area contributed by atoms with E-state index < -0.39 is 0 Å². The highest BCUT2D eigenvalue weighted by molar-refractivity contribution is 7.09. The van der Waals surface area contributed by atoms with E-state index in [2.05, 4.69) is 41.0 Å². The fourth-order valence-corrected chi connectivity index (χ4v) is 4.05. The van der Waals surface area contributed by atoms with E-state index in [1.807, 2.05) is 11.3 Å². The normalized spacial score (nSPS) is 24.8. The lowest BCUT2D eigenvalue weighted by Gasteiger charge is -2.36. The molecule has 2 aromatic rings. The van der Waals surface area contributed by atoms with Gasteiger partial charge in [0.05, 0.1) is 10.7 Å². The maximum Gasteiger partial charge on any atom is 0.0935 e. The monoisotopic (exact) mass is 298 g/mol. The lowest BCUT2D eigenvalue weighted by atomic mass is 9.72. The first-order valence-electron chi connectivity index (χ1n) is 8.12. The quantitative estimate of drug-likeness (QED) is 0.867. The number of nitrogens with one attached hydrogen (secondary N) is 1. The Hall–Kier alpha value is -1.19. The largest absolute Gasteiger partial charge is 0.314 e.